The second-order valence-electron chi connectivity index (χ2n) is 4.39. The first kappa shape index (κ1) is 15.6. The Hall–Kier alpha value is -2.82. The van der Waals surface area contributed by atoms with E-state index in [0.29, 0.717) is 10.6 Å². The fraction of sp³-hybridized carbons (Fsp3) is 0.0588. The molecule has 0 radical (unpaired) electrons. The molecule has 0 bridgehead atoms. The third-order valence-corrected chi connectivity index (χ3v) is 3.03. The molecule has 0 unspecified atom stereocenters. The van der Waals surface area contributed by atoms with E-state index < -0.39 is 5.82 Å². The second kappa shape index (κ2) is 7.26. The van der Waals surface area contributed by atoms with Gasteiger partial charge in [-0.2, -0.15) is 10.5 Å². The van der Waals surface area contributed by atoms with E-state index in [0.717, 1.165) is 5.56 Å². The van der Waals surface area contributed by atoms with E-state index >= 15 is 0 Å². The number of hydrogen-bond donors (Lipinski definition) is 0. The minimum atomic E-state index is -0.564. The first-order chi connectivity index (χ1) is 10.6. The molecule has 0 atom stereocenters. The van der Waals surface area contributed by atoms with E-state index in [1.165, 1.54) is 18.2 Å². The monoisotopic (exact) mass is 312 g/mol. The fourth-order valence-electron chi connectivity index (χ4n) is 1.77. The summed E-state index contributed by atoms with van der Waals surface area (Å²) in [6, 6.07) is 14.8. The number of halogens is 2. The van der Waals surface area contributed by atoms with Gasteiger partial charge in [0.15, 0.2) is 11.6 Å². The Labute approximate surface area is 132 Å². The summed E-state index contributed by atoms with van der Waals surface area (Å²) in [5.74, 6) is -0.474. The lowest BCUT2D eigenvalue weighted by molar-refractivity contribution is 0.290. The van der Waals surface area contributed by atoms with Crippen LogP contribution in [-0.4, -0.2) is 0 Å². The highest BCUT2D eigenvalue weighted by atomic mass is 35.5. The highest BCUT2D eigenvalue weighted by Crippen LogP contribution is 2.21. The minimum Gasteiger partial charge on any atom is -0.486 e. The van der Waals surface area contributed by atoms with Crippen molar-refractivity contribution in [1.82, 2.24) is 0 Å². The molecule has 0 saturated carbocycles. The van der Waals surface area contributed by atoms with Crippen molar-refractivity contribution >= 4 is 17.7 Å². The zero-order valence-electron chi connectivity index (χ0n) is 11.4. The second-order valence-corrected chi connectivity index (χ2v) is 4.83. The normalized spacial score (nSPS) is 9.45. The quantitative estimate of drug-likeness (QED) is 0.782. The van der Waals surface area contributed by atoms with Crippen molar-refractivity contribution < 1.29 is 9.13 Å². The van der Waals surface area contributed by atoms with Gasteiger partial charge in [0.2, 0.25) is 0 Å². The summed E-state index contributed by atoms with van der Waals surface area (Å²) in [4.78, 5) is 0. The van der Waals surface area contributed by atoms with E-state index in [2.05, 4.69) is 0 Å². The number of nitriles is 2. The van der Waals surface area contributed by atoms with Crippen LogP contribution in [0.3, 0.4) is 0 Å². The highest BCUT2D eigenvalue weighted by molar-refractivity contribution is 6.30. The minimum absolute atomic E-state index is 0.0904. The van der Waals surface area contributed by atoms with Gasteiger partial charge < -0.3 is 4.74 Å². The van der Waals surface area contributed by atoms with Gasteiger partial charge in [-0.1, -0.05) is 29.8 Å². The smallest absolute Gasteiger partial charge is 0.165 e. The maximum atomic E-state index is 13.9. The zero-order chi connectivity index (χ0) is 15.9. The van der Waals surface area contributed by atoms with Crippen molar-refractivity contribution in [3.8, 4) is 17.9 Å². The van der Waals surface area contributed by atoms with Gasteiger partial charge in [0.05, 0.1) is 0 Å². The van der Waals surface area contributed by atoms with Gasteiger partial charge in [-0.05, 0) is 41.5 Å². The predicted molar refractivity (Wildman–Crippen MR) is 81.4 cm³/mol. The first-order valence-corrected chi connectivity index (χ1v) is 6.69. The van der Waals surface area contributed by atoms with Crippen LogP contribution in [0.2, 0.25) is 5.02 Å². The van der Waals surface area contributed by atoms with E-state index in [9.17, 15) is 4.39 Å². The van der Waals surface area contributed by atoms with Gasteiger partial charge >= 0.3 is 0 Å². The van der Waals surface area contributed by atoms with Crippen molar-refractivity contribution in [2.45, 2.75) is 6.61 Å². The Morgan fingerprint density at radius 3 is 2.59 bits per heavy atom. The molecule has 0 aliphatic rings. The Morgan fingerprint density at radius 1 is 1.18 bits per heavy atom. The molecule has 0 aromatic heterocycles. The molecule has 22 heavy (non-hydrogen) atoms. The molecular formula is C17H10ClFN2O. The van der Waals surface area contributed by atoms with Crippen LogP contribution in [0.5, 0.6) is 5.75 Å². The summed E-state index contributed by atoms with van der Waals surface area (Å²) in [6.45, 7) is 0.189. The third-order valence-electron chi connectivity index (χ3n) is 2.79. The zero-order valence-corrected chi connectivity index (χ0v) is 12.1. The number of benzene rings is 2. The Bertz CT molecular complexity index is 787. The molecule has 0 heterocycles. The van der Waals surface area contributed by atoms with E-state index in [4.69, 9.17) is 26.9 Å². The molecule has 2 aromatic rings. The van der Waals surface area contributed by atoms with Crippen LogP contribution >= 0.6 is 11.6 Å². The van der Waals surface area contributed by atoms with Crippen molar-refractivity contribution in [1.29, 1.82) is 10.5 Å². The SMILES string of the molecule is N#CC(C#N)=Cc1ccc(OCc2cccc(Cl)c2)c(F)c1. The largest absolute Gasteiger partial charge is 0.486 e. The van der Waals surface area contributed by atoms with Crippen LogP contribution in [0.4, 0.5) is 4.39 Å². The van der Waals surface area contributed by atoms with Gasteiger partial charge in [0.25, 0.3) is 0 Å². The molecule has 0 aliphatic carbocycles. The van der Waals surface area contributed by atoms with E-state index in [1.807, 2.05) is 6.07 Å². The van der Waals surface area contributed by atoms with Crippen molar-refractivity contribution in [2.24, 2.45) is 0 Å². The van der Waals surface area contributed by atoms with Crippen molar-refractivity contribution in [2.75, 3.05) is 0 Å². The van der Waals surface area contributed by atoms with Gasteiger partial charge in [0.1, 0.15) is 24.3 Å². The maximum absolute atomic E-state index is 13.9. The highest BCUT2D eigenvalue weighted by Gasteiger charge is 2.05. The van der Waals surface area contributed by atoms with Crippen LogP contribution in [0, 0.1) is 28.5 Å². The van der Waals surface area contributed by atoms with Gasteiger partial charge in [-0.25, -0.2) is 4.39 Å². The lowest BCUT2D eigenvalue weighted by atomic mass is 10.1. The Kier molecular flexibility index (Phi) is 5.14. The van der Waals surface area contributed by atoms with Crippen molar-refractivity contribution in [3.63, 3.8) is 0 Å². The van der Waals surface area contributed by atoms with Crippen LogP contribution in [0.1, 0.15) is 11.1 Å². The lowest BCUT2D eigenvalue weighted by Gasteiger charge is -2.08. The third kappa shape index (κ3) is 4.09. The molecule has 0 spiro atoms. The van der Waals surface area contributed by atoms with Gasteiger partial charge in [-0.3, -0.25) is 0 Å². The van der Waals surface area contributed by atoms with E-state index in [1.54, 1.807) is 36.4 Å². The summed E-state index contributed by atoms with van der Waals surface area (Å²) in [6.07, 6.45) is 1.31. The van der Waals surface area contributed by atoms with E-state index in [-0.39, 0.29) is 17.9 Å². The maximum Gasteiger partial charge on any atom is 0.165 e. The summed E-state index contributed by atoms with van der Waals surface area (Å²) < 4.78 is 19.4. The van der Waals surface area contributed by atoms with Gasteiger partial charge in [0, 0.05) is 5.02 Å². The first-order valence-electron chi connectivity index (χ1n) is 6.31. The van der Waals surface area contributed by atoms with Crippen LogP contribution in [-0.2, 0) is 6.61 Å². The summed E-state index contributed by atoms with van der Waals surface area (Å²) in [5, 5.41) is 17.9. The summed E-state index contributed by atoms with van der Waals surface area (Å²) in [7, 11) is 0. The molecule has 0 N–H and O–H groups in total. The molecule has 2 rings (SSSR count). The number of rotatable bonds is 4. The number of nitrogens with zero attached hydrogens (tertiary/aromatic N) is 2. The van der Waals surface area contributed by atoms with Crippen LogP contribution in [0.15, 0.2) is 48.0 Å². The average molecular weight is 313 g/mol. The summed E-state index contributed by atoms with van der Waals surface area (Å²) >= 11 is 5.87. The fourth-order valence-corrected chi connectivity index (χ4v) is 1.98. The Morgan fingerprint density at radius 2 is 1.95 bits per heavy atom. The average Bonchev–Trinajstić information content (AvgIpc) is 2.52. The number of hydrogen-bond acceptors (Lipinski definition) is 3. The molecule has 0 aliphatic heterocycles. The van der Waals surface area contributed by atoms with Crippen molar-refractivity contribution in [3.05, 3.63) is 70.0 Å². The summed E-state index contributed by atoms with van der Waals surface area (Å²) in [5.41, 5.74) is 1.16. The molecule has 0 amide bonds. The lowest BCUT2D eigenvalue weighted by Crippen LogP contribution is -1.97. The number of ether oxygens (including phenoxy) is 1. The topological polar surface area (TPSA) is 56.8 Å². The number of allylic oxidation sites excluding steroid dienone is 1. The predicted octanol–water partition coefficient (Wildman–Crippen LogP) is 4.49. The molecule has 0 fully saturated rings. The Balaban J connectivity index is 2.12. The molecule has 108 valence electrons. The molecule has 2 aromatic carbocycles. The van der Waals surface area contributed by atoms with Crippen LogP contribution in [0.25, 0.3) is 6.08 Å². The molecular weight excluding hydrogens is 303 g/mol. The standard InChI is InChI=1S/C17H10ClFN2O/c18-15-3-1-2-13(7-15)11-22-17-5-4-12(8-16(17)19)6-14(9-20)10-21/h1-8H,11H2. The molecule has 5 heteroatoms. The molecule has 3 nitrogen and oxygen atoms in total. The molecule has 0 saturated heterocycles. The van der Waals surface area contributed by atoms with Gasteiger partial charge in [-0.15, -0.1) is 0 Å². The van der Waals surface area contributed by atoms with Crippen LogP contribution < -0.4 is 4.74 Å².